The van der Waals surface area contributed by atoms with E-state index in [9.17, 15) is 9.59 Å². The minimum absolute atomic E-state index is 0.119. The van der Waals surface area contributed by atoms with Crippen LogP contribution in [0.2, 0.25) is 0 Å². The fraction of sp³-hybridized carbons (Fsp3) is 0.704. The number of carbonyl (C=O) groups is 2. The van der Waals surface area contributed by atoms with E-state index in [4.69, 9.17) is 0 Å². The molecule has 3 aliphatic heterocycles. The maximum Gasteiger partial charge on any atom is 0.243 e. The number of nitrogens with one attached hydrogen (secondary N) is 3. The van der Waals surface area contributed by atoms with Crippen LogP contribution in [0, 0.1) is 24.7 Å². The average Bonchev–Trinajstić information content (AvgIpc) is 3.56. The molecule has 5 atom stereocenters. The van der Waals surface area contributed by atoms with Crippen LogP contribution < -0.4 is 16.0 Å². The molecule has 0 bridgehead atoms. The van der Waals surface area contributed by atoms with Crippen LogP contribution in [-0.4, -0.2) is 79.5 Å². The molecule has 5 unspecified atom stereocenters. The van der Waals surface area contributed by atoms with Crippen molar-refractivity contribution >= 4 is 17.5 Å². The first-order valence-corrected chi connectivity index (χ1v) is 13.2. The van der Waals surface area contributed by atoms with E-state index >= 15 is 0 Å². The van der Waals surface area contributed by atoms with Crippen molar-refractivity contribution in [2.75, 3.05) is 45.1 Å². The van der Waals surface area contributed by atoms with E-state index in [2.05, 4.69) is 59.9 Å². The van der Waals surface area contributed by atoms with Crippen LogP contribution in [0.5, 0.6) is 0 Å². The lowest BCUT2D eigenvalue weighted by Crippen LogP contribution is -2.59. The topological polar surface area (TPSA) is 76.7 Å². The molecule has 1 aromatic rings. The second-order valence-electron chi connectivity index (χ2n) is 11.3. The third-order valence-electron chi connectivity index (χ3n) is 8.52. The van der Waals surface area contributed by atoms with Gasteiger partial charge in [-0.3, -0.25) is 9.59 Å². The van der Waals surface area contributed by atoms with E-state index in [-0.39, 0.29) is 24.0 Å². The fourth-order valence-corrected chi connectivity index (χ4v) is 6.26. The zero-order valence-electron chi connectivity index (χ0n) is 21.0. The SMILES string of the molecule is Cc1cccc2c1NC(C(=O)NC(C1CC1)C1NCC(CC(=O)N3CCN(C)CC3)CC1C)C2. The van der Waals surface area contributed by atoms with Crippen molar-refractivity contribution in [2.45, 2.75) is 64.1 Å². The minimum Gasteiger partial charge on any atom is -0.373 e. The molecule has 1 aliphatic carbocycles. The molecule has 2 amide bonds. The second kappa shape index (κ2) is 9.86. The van der Waals surface area contributed by atoms with E-state index in [1.807, 2.05) is 4.90 Å². The number of rotatable bonds is 6. The summed E-state index contributed by atoms with van der Waals surface area (Å²) in [6.45, 7) is 8.88. The van der Waals surface area contributed by atoms with Gasteiger partial charge >= 0.3 is 0 Å². The number of benzene rings is 1. The van der Waals surface area contributed by atoms with Crippen molar-refractivity contribution in [1.29, 1.82) is 0 Å². The number of amides is 2. The summed E-state index contributed by atoms with van der Waals surface area (Å²) in [4.78, 5) is 30.4. The lowest BCUT2D eigenvalue weighted by atomic mass is 9.80. The Morgan fingerprint density at radius 1 is 1.18 bits per heavy atom. The molecule has 1 aromatic carbocycles. The van der Waals surface area contributed by atoms with Gasteiger partial charge in [0, 0.05) is 56.8 Å². The minimum atomic E-state index is -0.190. The lowest BCUT2D eigenvalue weighted by Gasteiger charge is -2.41. The second-order valence-corrected chi connectivity index (χ2v) is 11.3. The number of hydrogen-bond donors (Lipinski definition) is 3. The molecule has 3 N–H and O–H groups in total. The number of carbonyl (C=O) groups excluding carboxylic acids is 2. The summed E-state index contributed by atoms with van der Waals surface area (Å²) in [5.74, 6) is 1.80. The number of likely N-dealkylation sites (N-methyl/N-ethyl adjacent to an activating group) is 1. The average molecular weight is 468 g/mol. The van der Waals surface area contributed by atoms with Crippen LogP contribution in [0.3, 0.4) is 0 Å². The van der Waals surface area contributed by atoms with Gasteiger partial charge in [-0.05, 0) is 68.7 Å². The summed E-state index contributed by atoms with van der Waals surface area (Å²) in [5, 5.41) is 10.7. The largest absolute Gasteiger partial charge is 0.373 e. The molecule has 1 saturated carbocycles. The number of nitrogens with zero attached hydrogens (tertiary/aromatic N) is 2. The van der Waals surface area contributed by atoms with Crippen molar-refractivity contribution in [3.8, 4) is 0 Å². The summed E-state index contributed by atoms with van der Waals surface area (Å²) in [5.41, 5.74) is 3.56. The molecule has 5 rings (SSSR count). The van der Waals surface area contributed by atoms with Crippen LogP contribution in [0.4, 0.5) is 5.69 Å². The van der Waals surface area contributed by atoms with Crippen molar-refractivity contribution in [3.05, 3.63) is 29.3 Å². The van der Waals surface area contributed by atoms with Gasteiger partial charge < -0.3 is 25.8 Å². The van der Waals surface area contributed by atoms with E-state index in [0.717, 1.165) is 51.3 Å². The van der Waals surface area contributed by atoms with E-state index in [0.29, 0.717) is 30.1 Å². The molecule has 0 radical (unpaired) electrons. The molecular weight excluding hydrogens is 426 g/mol. The van der Waals surface area contributed by atoms with Crippen LogP contribution in [-0.2, 0) is 16.0 Å². The Balaban J connectivity index is 1.15. The Hall–Kier alpha value is -2.12. The molecule has 7 nitrogen and oxygen atoms in total. The highest BCUT2D eigenvalue weighted by Crippen LogP contribution is 2.38. The standard InChI is InChI=1S/C27H41N5O2/c1-17-5-4-6-21-15-22(29-24(17)21)27(34)30-26(20-7-8-20)25-18(2)13-19(16-28-25)14-23(33)32-11-9-31(3)10-12-32/h4-6,18-20,22,25-26,28-29H,7-16H2,1-3H3,(H,30,34). The highest BCUT2D eigenvalue weighted by Gasteiger charge is 2.43. The summed E-state index contributed by atoms with van der Waals surface area (Å²) < 4.78 is 0. The van der Waals surface area contributed by atoms with Gasteiger partial charge in [-0.25, -0.2) is 0 Å². The monoisotopic (exact) mass is 467 g/mol. The smallest absolute Gasteiger partial charge is 0.243 e. The number of aryl methyl sites for hydroxylation is 1. The quantitative estimate of drug-likeness (QED) is 0.597. The molecule has 2 saturated heterocycles. The molecule has 3 heterocycles. The van der Waals surface area contributed by atoms with E-state index < -0.39 is 0 Å². The van der Waals surface area contributed by atoms with Crippen molar-refractivity contribution in [3.63, 3.8) is 0 Å². The highest BCUT2D eigenvalue weighted by atomic mass is 16.2. The first kappa shape index (κ1) is 23.6. The number of piperazine rings is 1. The van der Waals surface area contributed by atoms with Crippen molar-refractivity contribution in [2.24, 2.45) is 17.8 Å². The summed E-state index contributed by atoms with van der Waals surface area (Å²) in [6, 6.07) is 6.54. The molecule has 7 heteroatoms. The first-order valence-electron chi connectivity index (χ1n) is 13.2. The lowest BCUT2D eigenvalue weighted by molar-refractivity contribution is -0.134. The van der Waals surface area contributed by atoms with Crippen LogP contribution in [0.15, 0.2) is 18.2 Å². The Morgan fingerprint density at radius 2 is 1.94 bits per heavy atom. The molecule has 34 heavy (non-hydrogen) atoms. The van der Waals surface area contributed by atoms with Crippen LogP contribution >= 0.6 is 0 Å². The summed E-state index contributed by atoms with van der Waals surface area (Å²) >= 11 is 0. The molecule has 4 aliphatic rings. The molecule has 186 valence electrons. The molecule has 0 aromatic heterocycles. The summed E-state index contributed by atoms with van der Waals surface area (Å²) in [6.07, 6.45) is 4.82. The Kier molecular flexibility index (Phi) is 6.85. The predicted octanol–water partition coefficient (Wildman–Crippen LogP) is 2.00. The number of hydrogen-bond acceptors (Lipinski definition) is 5. The predicted molar refractivity (Wildman–Crippen MR) is 135 cm³/mol. The third kappa shape index (κ3) is 5.10. The van der Waals surface area contributed by atoms with Crippen LogP contribution in [0.1, 0.15) is 43.7 Å². The molecule has 0 spiro atoms. The van der Waals surface area contributed by atoms with Gasteiger partial charge in [-0.15, -0.1) is 0 Å². The zero-order valence-corrected chi connectivity index (χ0v) is 21.0. The zero-order chi connectivity index (χ0) is 23.8. The van der Waals surface area contributed by atoms with Gasteiger partial charge in [0.1, 0.15) is 6.04 Å². The number of fused-ring (bicyclic) bond motifs is 1. The fourth-order valence-electron chi connectivity index (χ4n) is 6.26. The van der Waals surface area contributed by atoms with Gasteiger partial charge in [0.05, 0.1) is 0 Å². The van der Waals surface area contributed by atoms with Gasteiger partial charge in [-0.1, -0.05) is 25.1 Å². The molecule has 3 fully saturated rings. The first-order chi connectivity index (χ1) is 16.4. The van der Waals surface area contributed by atoms with Crippen molar-refractivity contribution in [1.82, 2.24) is 20.4 Å². The third-order valence-corrected chi connectivity index (χ3v) is 8.52. The van der Waals surface area contributed by atoms with Gasteiger partial charge in [0.15, 0.2) is 0 Å². The Morgan fingerprint density at radius 3 is 2.62 bits per heavy atom. The Labute approximate surface area is 204 Å². The maximum absolute atomic E-state index is 13.3. The number of anilines is 1. The van der Waals surface area contributed by atoms with E-state index in [1.54, 1.807) is 0 Å². The van der Waals surface area contributed by atoms with Gasteiger partial charge in [0.25, 0.3) is 0 Å². The normalized spacial score (nSPS) is 30.4. The Bertz CT molecular complexity index is 908. The van der Waals surface area contributed by atoms with Crippen molar-refractivity contribution < 1.29 is 9.59 Å². The van der Waals surface area contributed by atoms with Gasteiger partial charge in [-0.2, -0.15) is 0 Å². The maximum atomic E-state index is 13.3. The summed E-state index contributed by atoms with van der Waals surface area (Å²) in [7, 11) is 2.12. The number of para-hydroxylation sites is 1. The van der Waals surface area contributed by atoms with Crippen LogP contribution in [0.25, 0.3) is 0 Å². The molecular formula is C27H41N5O2. The van der Waals surface area contributed by atoms with Gasteiger partial charge in [0.2, 0.25) is 11.8 Å². The number of piperidine rings is 1. The van der Waals surface area contributed by atoms with E-state index in [1.165, 1.54) is 24.0 Å². The highest BCUT2D eigenvalue weighted by molar-refractivity contribution is 5.88.